The van der Waals surface area contributed by atoms with Crippen molar-refractivity contribution in [3.63, 3.8) is 0 Å². The van der Waals surface area contributed by atoms with E-state index in [1.165, 1.54) is 6.07 Å². The van der Waals surface area contributed by atoms with E-state index in [0.717, 1.165) is 43.4 Å². The molecule has 20 heavy (non-hydrogen) atoms. The van der Waals surface area contributed by atoms with E-state index in [0.29, 0.717) is 4.47 Å². The number of hydrogen-bond donors (Lipinski definition) is 0. The Morgan fingerprint density at radius 3 is 2.75 bits per heavy atom. The first-order valence-electron chi connectivity index (χ1n) is 6.54. The molecule has 3 nitrogen and oxygen atoms in total. The monoisotopic (exact) mass is 355 g/mol. The van der Waals surface area contributed by atoms with Crippen molar-refractivity contribution >= 4 is 32.4 Å². The lowest BCUT2D eigenvalue weighted by Crippen LogP contribution is -2.46. The smallest absolute Gasteiger partial charge is 0.185 e. The summed E-state index contributed by atoms with van der Waals surface area (Å²) in [6, 6.07) is 5.22. The van der Waals surface area contributed by atoms with Crippen LogP contribution in [0.4, 0.5) is 9.52 Å². The van der Waals surface area contributed by atoms with Crippen LogP contribution < -0.4 is 4.90 Å². The summed E-state index contributed by atoms with van der Waals surface area (Å²) in [4.78, 5) is 9.00. The number of anilines is 1. The van der Waals surface area contributed by atoms with Crippen molar-refractivity contribution < 1.29 is 4.39 Å². The van der Waals surface area contributed by atoms with Gasteiger partial charge in [0.2, 0.25) is 0 Å². The molecule has 0 bridgehead atoms. The first-order chi connectivity index (χ1) is 9.74. The zero-order valence-corrected chi connectivity index (χ0v) is 13.3. The highest BCUT2D eigenvalue weighted by molar-refractivity contribution is 9.10. The molecule has 1 fully saturated rings. The Morgan fingerprint density at radius 2 is 2.05 bits per heavy atom. The largest absolute Gasteiger partial charge is 0.346 e. The highest BCUT2D eigenvalue weighted by atomic mass is 79.9. The highest BCUT2D eigenvalue weighted by Gasteiger charge is 2.19. The molecule has 0 radical (unpaired) electrons. The van der Waals surface area contributed by atoms with Crippen LogP contribution in [0.25, 0.3) is 0 Å². The second-order valence-corrected chi connectivity index (χ2v) is 6.46. The molecule has 1 aromatic heterocycles. The molecule has 6 heteroatoms. The molecule has 0 atom stereocenters. The van der Waals surface area contributed by atoms with E-state index in [9.17, 15) is 4.39 Å². The van der Waals surface area contributed by atoms with Crippen LogP contribution in [0.1, 0.15) is 5.56 Å². The van der Waals surface area contributed by atoms with Gasteiger partial charge in [0.15, 0.2) is 5.13 Å². The van der Waals surface area contributed by atoms with Gasteiger partial charge < -0.3 is 4.90 Å². The number of nitrogens with zero attached hydrogens (tertiary/aromatic N) is 3. The Balaban J connectivity index is 1.60. The molecule has 3 rings (SSSR count). The van der Waals surface area contributed by atoms with Crippen molar-refractivity contribution in [1.82, 2.24) is 9.88 Å². The number of benzene rings is 1. The predicted octanol–water partition coefficient (Wildman–Crippen LogP) is 3.37. The van der Waals surface area contributed by atoms with Gasteiger partial charge in [-0.3, -0.25) is 4.90 Å². The van der Waals surface area contributed by atoms with Crippen LogP contribution in [-0.4, -0.2) is 36.1 Å². The fraction of sp³-hybridized carbons (Fsp3) is 0.357. The van der Waals surface area contributed by atoms with Crippen LogP contribution in [0, 0.1) is 5.82 Å². The highest BCUT2D eigenvalue weighted by Crippen LogP contribution is 2.23. The van der Waals surface area contributed by atoms with E-state index in [-0.39, 0.29) is 5.82 Å². The van der Waals surface area contributed by atoms with E-state index in [1.807, 2.05) is 17.6 Å². The minimum atomic E-state index is -0.191. The third-order valence-corrected chi connectivity index (χ3v) is 5.21. The standard InChI is InChI=1S/C14H15BrFN3S/c15-13-11(2-1-3-12(13)16)10-18-5-7-19(8-6-18)14-17-4-9-20-14/h1-4,9H,5-8,10H2. The number of piperazine rings is 1. The molecular formula is C14H15BrFN3S. The Morgan fingerprint density at radius 1 is 1.25 bits per heavy atom. The Labute approximate surface area is 130 Å². The van der Waals surface area contributed by atoms with Gasteiger partial charge in [0.25, 0.3) is 0 Å². The van der Waals surface area contributed by atoms with Gasteiger partial charge in [-0.25, -0.2) is 9.37 Å². The fourth-order valence-electron chi connectivity index (χ4n) is 2.38. The molecule has 0 unspecified atom stereocenters. The van der Waals surface area contributed by atoms with Crippen LogP contribution in [0.2, 0.25) is 0 Å². The molecule has 2 heterocycles. The quantitative estimate of drug-likeness (QED) is 0.841. The minimum absolute atomic E-state index is 0.191. The average molecular weight is 356 g/mol. The zero-order valence-electron chi connectivity index (χ0n) is 10.9. The van der Waals surface area contributed by atoms with Crippen molar-refractivity contribution in [2.24, 2.45) is 0 Å². The summed E-state index contributed by atoms with van der Waals surface area (Å²) in [5.74, 6) is -0.191. The molecule has 1 aliphatic heterocycles. The molecule has 1 saturated heterocycles. The van der Waals surface area contributed by atoms with E-state index in [1.54, 1.807) is 17.4 Å². The Kier molecular flexibility index (Phi) is 4.33. The third kappa shape index (κ3) is 3.02. The third-order valence-electron chi connectivity index (χ3n) is 3.49. The molecular weight excluding hydrogens is 341 g/mol. The summed E-state index contributed by atoms with van der Waals surface area (Å²) >= 11 is 5.01. The predicted molar refractivity (Wildman–Crippen MR) is 83.7 cm³/mol. The van der Waals surface area contributed by atoms with Gasteiger partial charge in [-0.2, -0.15) is 0 Å². The summed E-state index contributed by atoms with van der Waals surface area (Å²) in [6.45, 7) is 4.68. The molecule has 2 aromatic rings. The van der Waals surface area contributed by atoms with Gasteiger partial charge in [-0.15, -0.1) is 11.3 Å². The number of halogens is 2. The minimum Gasteiger partial charge on any atom is -0.346 e. The first-order valence-corrected chi connectivity index (χ1v) is 8.21. The van der Waals surface area contributed by atoms with Crippen LogP contribution in [-0.2, 0) is 6.54 Å². The van der Waals surface area contributed by atoms with Crippen molar-refractivity contribution in [3.8, 4) is 0 Å². The summed E-state index contributed by atoms with van der Waals surface area (Å²) in [6.07, 6.45) is 1.84. The number of thiazole rings is 1. The van der Waals surface area contributed by atoms with Gasteiger partial charge >= 0.3 is 0 Å². The Hall–Kier alpha value is -0.980. The number of hydrogen-bond acceptors (Lipinski definition) is 4. The molecule has 0 amide bonds. The molecule has 106 valence electrons. The van der Waals surface area contributed by atoms with Crippen LogP contribution >= 0.6 is 27.3 Å². The van der Waals surface area contributed by atoms with Crippen LogP contribution in [0.5, 0.6) is 0 Å². The molecule has 0 spiro atoms. The zero-order chi connectivity index (χ0) is 13.9. The number of rotatable bonds is 3. The van der Waals surface area contributed by atoms with Gasteiger partial charge in [-0.1, -0.05) is 12.1 Å². The Bertz CT molecular complexity index is 568. The van der Waals surface area contributed by atoms with E-state index in [2.05, 4.69) is 30.7 Å². The summed E-state index contributed by atoms with van der Waals surface area (Å²) in [5.41, 5.74) is 1.01. The average Bonchev–Trinajstić information content (AvgIpc) is 2.99. The summed E-state index contributed by atoms with van der Waals surface area (Å²) in [7, 11) is 0. The van der Waals surface area contributed by atoms with Gasteiger partial charge in [0.05, 0.1) is 4.47 Å². The van der Waals surface area contributed by atoms with Crippen LogP contribution in [0.15, 0.2) is 34.2 Å². The lowest BCUT2D eigenvalue weighted by atomic mass is 10.2. The van der Waals surface area contributed by atoms with Crippen LogP contribution in [0.3, 0.4) is 0 Å². The van der Waals surface area contributed by atoms with Crippen molar-refractivity contribution in [3.05, 3.63) is 45.6 Å². The second kappa shape index (κ2) is 6.20. The first kappa shape index (κ1) is 14.0. The maximum Gasteiger partial charge on any atom is 0.185 e. The van der Waals surface area contributed by atoms with Crippen molar-refractivity contribution in [2.75, 3.05) is 31.1 Å². The molecule has 0 N–H and O–H groups in total. The van der Waals surface area contributed by atoms with Crippen molar-refractivity contribution in [1.29, 1.82) is 0 Å². The van der Waals surface area contributed by atoms with Gasteiger partial charge in [-0.05, 0) is 27.6 Å². The molecule has 0 saturated carbocycles. The second-order valence-electron chi connectivity index (χ2n) is 4.79. The SMILES string of the molecule is Fc1cccc(CN2CCN(c3nccs3)CC2)c1Br. The lowest BCUT2D eigenvalue weighted by Gasteiger charge is -2.34. The normalized spacial score (nSPS) is 16.6. The summed E-state index contributed by atoms with van der Waals surface area (Å²) in [5, 5.41) is 3.10. The lowest BCUT2D eigenvalue weighted by molar-refractivity contribution is 0.249. The molecule has 1 aliphatic rings. The molecule has 0 aliphatic carbocycles. The summed E-state index contributed by atoms with van der Waals surface area (Å²) < 4.78 is 14.1. The number of aromatic nitrogens is 1. The van der Waals surface area contributed by atoms with E-state index < -0.39 is 0 Å². The fourth-order valence-corrected chi connectivity index (χ4v) is 3.47. The maximum absolute atomic E-state index is 13.5. The van der Waals surface area contributed by atoms with E-state index in [4.69, 9.17) is 0 Å². The maximum atomic E-state index is 13.5. The van der Waals surface area contributed by atoms with Gasteiger partial charge in [0, 0.05) is 44.3 Å². The van der Waals surface area contributed by atoms with E-state index >= 15 is 0 Å². The molecule has 1 aromatic carbocycles. The van der Waals surface area contributed by atoms with Crippen molar-refractivity contribution in [2.45, 2.75) is 6.54 Å². The van der Waals surface area contributed by atoms with Gasteiger partial charge in [0.1, 0.15) is 5.82 Å². The topological polar surface area (TPSA) is 19.4 Å².